The molecule has 0 heterocycles. The molecule has 0 aromatic rings. The smallest absolute Gasteiger partial charge is 0.00773 e. The van der Waals surface area contributed by atoms with Crippen LogP contribution in [-0.4, -0.2) is 6.54 Å². The van der Waals surface area contributed by atoms with Crippen LogP contribution in [-0.2, 0) is 0 Å². The summed E-state index contributed by atoms with van der Waals surface area (Å²) in [6.07, 6.45) is 5.16. The Morgan fingerprint density at radius 2 is 1.56 bits per heavy atom. The highest BCUT2D eigenvalue weighted by Crippen LogP contribution is 1.95. The SMILES string of the molecule is CCCCCCN.NN. The lowest BCUT2D eigenvalue weighted by atomic mass is 10.2. The van der Waals surface area contributed by atoms with Crippen LogP contribution in [0, 0.1) is 0 Å². The lowest BCUT2D eigenvalue weighted by molar-refractivity contribution is 0.674. The van der Waals surface area contributed by atoms with E-state index in [4.69, 9.17) is 5.73 Å². The van der Waals surface area contributed by atoms with Gasteiger partial charge in [0.2, 0.25) is 0 Å². The van der Waals surface area contributed by atoms with E-state index in [1.165, 1.54) is 25.7 Å². The van der Waals surface area contributed by atoms with Crippen LogP contribution in [0.2, 0.25) is 0 Å². The fraction of sp³-hybridized carbons (Fsp3) is 1.00. The molecule has 0 unspecified atom stereocenters. The fourth-order valence-corrected chi connectivity index (χ4v) is 0.571. The first-order valence-corrected chi connectivity index (χ1v) is 3.45. The van der Waals surface area contributed by atoms with Crippen LogP contribution in [0.15, 0.2) is 0 Å². The highest BCUT2D eigenvalue weighted by atomic mass is 15.0. The number of hydrogen-bond donors (Lipinski definition) is 3. The number of nitrogens with two attached hydrogens (primary N) is 3. The maximum atomic E-state index is 5.27. The van der Waals surface area contributed by atoms with Crippen LogP contribution in [0.1, 0.15) is 32.6 Å². The number of unbranched alkanes of at least 4 members (excludes halogenated alkanes) is 3. The minimum absolute atomic E-state index is 0.861. The summed E-state index contributed by atoms with van der Waals surface area (Å²) in [5.74, 6) is 8.00. The zero-order valence-corrected chi connectivity index (χ0v) is 6.27. The zero-order chi connectivity index (χ0) is 7.54. The van der Waals surface area contributed by atoms with Crippen LogP contribution in [0.4, 0.5) is 0 Å². The van der Waals surface area contributed by atoms with Gasteiger partial charge in [0.25, 0.3) is 0 Å². The Labute approximate surface area is 57.6 Å². The maximum absolute atomic E-state index is 5.27. The van der Waals surface area contributed by atoms with Crippen LogP contribution in [0.5, 0.6) is 0 Å². The van der Waals surface area contributed by atoms with Crippen molar-refractivity contribution in [2.45, 2.75) is 32.6 Å². The molecule has 0 aliphatic carbocycles. The van der Waals surface area contributed by atoms with E-state index in [0.717, 1.165) is 6.54 Å². The summed E-state index contributed by atoms with van der Waals surface area (Å²) in [4.78, 5) is 0. The standard InChI is InChI=1S/C6H15N.H4N2/c1-2-3-4-5-6-7;1-2/h2-7H2,1H3;1-2H2. The van der Waals surface area contributed by atoms with E-state index in [-0.39, 0.29) is 0 Å². The molecule has 58 valence electrons. The predicted molar refractivity (Wildman–Crippen MR) is 41.6 cm³/mol. The van der Waals surface area contributed by atoms with Gasteiger partial charge in [-0.2, -0.15) is 0 Å². The van der Waals surface area contributed by atoms with Crippen molar-refractivity contribution in [2.24, 2.45) is 17.4 Å². The molecule has 0 aliphatic heterocycles. The Morgan fingerprint density at radius 1 is 1.00 bits per heavy atom. The molecule has 0 spiro atoms. The number of hydrazine groups is 1. The molecule has 0 aliphatic rings. The molecule has 0 aromatic carbocycles. The summed E-state index contributed by atoms with van der Waals surface area (Å²) >= 11 is 0. The van der Waals surface area contributed by atoms with Crippen molar-refractivity contribution in [1.82, 2.24) is 0 Å². The average molecular weight is 133 g/mol. The van der Waals surface area contributed by atoms with Gasteiger partial charge in [-0.3, -0.25) is 11.7 Å². The topological polar surface area (TPSA) is 78.1 Å². The molecule has 3 heteroatoms. The van der Waals surface area contributed by atoms with Gasteiger partial charge in [-0.15, -0.1) is 0 Å². The van der Waals surface area contributed by atoms with Crippen LogP contribution < -0.4 is 17.4 Å². The monoisotopic (exact) mass is 133 g/mol. The van der Waals surface area contributed by atoms with Gasteiger partial charge in [-0.05, 0) is 13.0 Å². The molecule has 0 fully saturated rings. The lowest BCUT2D eigenvalue weighted by Gasteiger charge is -1.90. The third kappa shape index (κ3) is 18.1. The Bertz CT molecular complexity index is 27.5. The Balaban J connectivity index is 0. The summed E-state index contributed by atoms with van der Waals surface area (Å²) in [6, 6.07) is 0. The molecule has 9 heavy (non-hydrogen) atoms. The minimum atomic E-state index is 0.861. The lowest BCUT2D eigenvalue weighted by Crippen LogP contribution is -2.02. The second kappa shape index (κ2) is 15.7. The Hall–Kier alpha value is -0.120. The van der Waals surface area contributed by atoms with E-state index in [2.05, 4.69) is 18.6 Å². The molecular formula is C6H19N3. The first-order chi connectivity index (χ1) is 4.41. The quantitative estimate of drug-likeness (QED) is 0.294. The first kappa shape index (κ1) is 11.6. The van der Waals surface area contributed by atoms with Gasteiger partial charge in [-0.1, -0.05) is 26.2 Å². The molecule has 0 saturated heterocycles. The average Bonchev–Trinajstić information content (AvgIpc) is 1.94. The third-order valence-corrected chi connectivity index (χ3v) is 1.06. The molecule has 0 saturated carbocycles. The van der Waals surface area contributed by atoms with Gasteiger partial charge in [-0.25, -0.2) is 0 Å². The summed E-state index contributed by atoms with van der Waals surface area (Å²) in [6.45, 7) is 3.07. The second-order valence-electron chi connectivity index (χ2n) is 1.85. The van der Waals surface area contributed by atoms with Crippen molar-refractivity contribution in [3.05, 3.63) is 0 Å². The van der Waals surface area contributed by atoms with E-state index in [1.807, 2.05) is 0 Å². The summed E-state index contributed by atoms with van der Waals surface area (Å²) in [7, 11) is 0. The van der Waals surface area contributed by atoms with Gasteiger partial charge in [0, 0.05) is 0 Å². The summed E-state index contributed by atoms with van der Waals surface area (Å²) in [5.41, 5.74) is 5.27. The minimum Gasteiger partial charge on any atom is -0.330 e. The van der Waals surface area contributed by atoms with Crippen LogP contribution in [0.3, 0.4) is 0 Å². The molecule has 0 amide bonds. The van der Waals surface area contributed by atoms with Gasteiger partial charge >= 0.3 is 0 Å². The number of hydrogen-bond acceptors (Lipinski definition) is 3. The van der Waals surface area contributed by atoms with Crippen LogP contribution >= 0.6 is 0 Å². The second-order valence-corrected chi connectivity index (χ2v) is 1.85. The Kier molecular flexibility index (Phi) is 20.3. The van der Waals surface area contributed by atoms with Gasteiger partial charge in [0.15, 0.2) is 0 Å². The molecule has 0 radical (unpaired) electrons. The summed E-state index contributed by atoms with van der Waals surface area (Å²) in [5, 5.41) is 0. The van der Waals surface area contributed by atoms with E-state index in [0.29, 0.717) is 0 Å². The van der Waals surface area contributed by atoms with Crippen molar-refractivity contribution in [3.8, 4) is 0 Å². The van der Waals surface area contributed by atoms with E-state index in [1.54, 1.807) is 0 Å². The normalized spacial score (nSPS) is 8.00. The maximum Gasteiger partial charge on any atom is -0.00773 e. The largest absolute Gasteiger partial charge is 0.330 e. The molecular weight excluding hydrogens is 114 g/mol. The molecule has 0 atom stereocenters. The molecule has 0 rings (SSSR count). The first-order valence-electron chi connectivity index (χ1n) is 3.45. The highest BCUT2D eigenvalue weighted by Gasteiger charge is 1.80. The zero-order valence-electron chi connectivity index (χ0n) is 6.27. The van der Waals surface area contributed by atoms with Crippen molar-refractivity contribution in [1.29, 1.82) is 0 Å². The van der Waals surface area contributed by atoms with Gasteiger partial charge < -0.3 is 5.73 Å². The third-order valence-electron chi connectivity index (χ3n) is 1.06. The summed E-state index contributed by atoms with van der Waals surface area (Å²) < 4.78 is 0. The van der Waals surface area contributed by atoms with Gasteiger partial charge in [0.05, 0.1) is 0 Å². The van der Waals surface area contributed by atoms with Gasteiger partial charge in [0.1, 0.15) is 0 Å². The molecule has 0 bridgehead atoms. The van der Waals surface area contributed by atoms with Crippen molar-refractivity contribution >= 4 is 0 Å². The van der Waals surface area contributed by atoms with E-state index in [9.17, 15) is 0 Å². The highest BCUT2D eigenvalue weighted by molar-refractivity contribution is 4.38. The van der Waals surface area contributed by atoms with Crippen molar-refractivity contribution < 1.29 is 0 Å². The van der Waals surface area contributed by atoms with Crippen LogP contribution in [0.25, 0.3) is 0 Å². The fourth-order valence-electron chi connectivity index (χ4n) is 0.571. The predicted octanol–water partition coefficient (Wildman–Crippen LogP) is 0.344. The van der Waals surface area contributed by atoms with Crippen molar-refractivity contribution in [3.63, 3.8) is 0 Å². The molecule has 0 aromatic heterocycles. The number of rotatable bonds is 4. The molecule has 3 nitrogen and oxygen atoms in total. The van der Waals surface area contributed by atoms with E-state index >= 15 is 0 Å². The molecule has 6 N–H and O–H groups in total. The Morgan fingerprint density at radius 3 is 1.89 bits per heavy atom. The van der Waals surface area contributed by atoms with Crippen molar-refractivity contribution in [2.75, 3.05) is 6.54 Å². The van der Waals surface area contributed by atoms with E-state index < -0.39 is 0 Å².